The number of nitrogens with zero attached hydrogens (tertiary/aromatic N) is 1. The van der Waals surface area contributed by atoms with E-state index < -0.39 is 0 Å². The molecule has 104 valence electrons. The first-order valence-corrected chi connectivity index (χ1v) is 7.21. The van der Waals surface area contributed by atoms with Gasteiger partial charge < -0.3 is 5.73 Å². The Labute approximate surface area is 122 Å². The molecule has 0 aliphatic rings. The average Bonchev–Trinajstić information content (AvgIpc) is 2.47. The first-order chi connectivity index (χ1) is 9.63. The minimum Gasteiger partial charge on any atom is -0.324 e. The van der Waals surface area contributed by atoms with E-state index in [-0.39, 0.29) is 16.7 Å². The first kappa shape index (κ1) is 14.6. The van der Waals surface area contributed by atoms with Crippen LogP contribution >= 0.6 is 11.8 Å². The summed E-state index contributed by atoms with van der Waals surface area (Å²) in [6, 6.07) is 14.5. The fourth-order valence-corrected chi connectivity index (χ4v) is 3.03. The standard InChI is InChI=1S/C15H16N2O2S/c1-2-12(16)11-7-3-5-9-14(11)20-15-10-6-4-8-13(15)17(18)19/h3-10,12H,2,16H2,1H3/t12-/m0/s1. The van der Waals surface area contributed by atoms with E-state index >= 15 is 0 Å². The lowest BCUT2D eigenvalue weighted by atomic mass is 10.1. The van der Waals surface area contributed by atoms with Gasteiger partial charge in [-0.2, -0.15) is 0 Å². The van der Waals surface area contributed by atoms with Crippen molar-refractivity contribution in [2.24, 2.45) is 5.73 Å². The maximum absolute atomic E-state index is 11.1. The molecule has 2 aromatic rings. The third-order valence-electron chi connectivity index (χ3n) is 3.04. The van der Waals surface area contributed by atoms with E-state index in [0.29, 0.717) is 4.90 Å². The topological polar surface area (TPSA) is 69.2 Å². The highest BCUT2D eigenvalue weighted by molar-refractivity contribution is 7.99. The molecule has 5 heteroatoms. The van der Waals surface area contributed by atoms with Crippen molar-refractivity contribution in [3.8, 4) is 0 Å². The number of hydrogen-bond donors (Lipinski definition) is 1. The van der Waals surface area contributed by atoms with E-state index in [1.807, 2.05) is 31.2 Å². The Balaban J connectivity index is 2.38. The van der Waals surface area contributed by atoms with Gasteiger partial charge in [-0.1, -0.05) is 49.0 Å². The summed E-state index contributed by atoms with van der Waals surface area (Å²) in [5.41, 5.74) is 7.25. The maximum Gasteiger partial charge on any atom is 0.283 e. The van der Waals surface area contributed by atoms with Crippen molar-refractivity contribution in [2.45, 2.75) is 29.2 Å². The lowest BCUT2D eigenvalue weighted by molar-refractivity contribution is -0.387. The summed E-state index contributed by atoms with van der Waals surface area (Å²) in [5, 5.41) is 11.1. The number of nitrogens with two attached hydrogens (primary N) is 1. The molecule has 2 aromatic carbocycles. The molecule has 4 nitrogen and oxygen atoms in total. The highest BCUT2D eigenvalue weighted by atomic mass is 32.2. The molecule has 0 aliphatic heterocycles. The molecule has 0 fully saturated rings. The molecule has 1 atom stereocenters. The Kier molecular flexibility index (Phi) is 4.76. The Morgan fingerprint density at radius 1 is 1.15 bits per heavy atom. The van der Waals surface area contributed by atoms with Gasteiger partial charge >= 0.3 is 0 Å². The van der Waals surface area contributed by atoms with Crippen LogP contribution in [0.1, 0.15) is 24.9 Å². The predicted molar refractivity (Wildman–Crippen MR) is 80.9 cm³/mol. The fourth-order valence-electron chi connectivity index (χ4n) is 1.91. The molecule has 0 heterocycles. The molecule has 0 saturated carbocycles. The minimum atomic E-state index is -0.356. The van der Waals surface area contributed by atoms with Crippen molar-refractivity contribution in [2.75, 3.05) is 0 Å². The van der Waals surface area contributed by atoms with Crippen LogP contribution in [-0.2, 0) is 0 Å². The maximum atomic E-state index is 11.1. The Hall–Kier alpha value is -1.85. The van der Waals surface area contributed by atoms with Gasteiger partial charge in [0.05, 0.1) is 9.82 Å². The van der Waals surface area contributed by atoms with Gasteiger partial charge in [0.1, 0.15) is 0 Å². The minimum absolute atomic E-state index is 0.0542. The summed E-state index contributed by atoms with van der Waals surface area (Å²) in [4.78, 5) is 12.3. The molecule has 0 amide bonds. The van der Waals surface area contributed by atoms with Gasteiger partial charge in [-0.15, -0.1) is 0 Å². The summed E-state index contributed by atoms with van der Waals surface area (Å²) < 4.78 is 0. The molecule has 2 N–H and O–H groups in total. The second-order valence-electron chi connectivity index (χ2n) is 4.38. The Morgan fingerprint density at radius 2 is 1.75 bits per heavy atom. The van der Waals surface area contributed by atoms with E-state index in [0.717, 1.165) is 16.9 Å². The number of para-hydroxylation sites is 1. The van der Waals surface area contributed by atoms with Gasteiger partial charge in [0.25, 0.3) is 5.69 Å². The van der Waals surface area contributed by atoms with Gasteiger partial charge in [-0.3, -0.25) is 10.1 Å². The molecule has 0 saturated heterocycles. The van der Waals surface area contributed by atoms with Gasteiger partial charge in [-0.05, 0) is 24.1 Å². The van der Waals surface area contributed by atoms with Crippen LogP contribution in [0.4, 0.5) is 5.69 Å². The monoisotopic (exact) mass is 288 g/mol. The third kappa shape index (κ3) is 3.18. The lowest BCUT2D eigenvalue weighted by Gasteiger charge is -2.14. The van der Waals surface area contributed by atoms with Gasteiger partial charge in [-0.25, -0.2) is 0 Å². The molecular formula is C15H16N2O2S. The summed E-state index contributed by atoms with van der Waals surface area (Å²) in [6.07, 6.45) is 0.828. The normalized spacial score (nSPS) is 12.1. The number of nitro groups is 1. The van der Waals surface area contributed by atoms with Crippen LogP contribution < -0.4 is 5.73 Å². The average molecular weight is 288 g/mol. The summed E-state index contributed by atoms with van der Waals surface area (Å²) >= 11 is 1.39. The summed E-state index contributed by atoms with van der Waals surface area (Å²) in [6.45, 7) is 2.02. The molecule has 0 radical (unpaired) electrons. The van der Waals surface area contributed by atoms with Crippen molar-refractivity contribution in [1.82, 2.24) is 0 Å². The Morgan fingerprint density at radius 3 is 2.40 bits per heavy atom. The first-order valence-electron chi connectivity index (χ1n) is 6.39. The molecule has 0 bridgehead atoms. The highest BCUT2D eigenvalue weighted by Crippen LogP contribution is 2.37. The second-order valence-corrected chi connectivity index (χ2v) is 5.46. The van der Waals surface area contributed by atoms with Crippen LogP contribution in [0.5, 0.6) is 0 Å². The summed E-state index contributed by atoms with van der Waals surface area (Å²) in [7, 11) is 0. The van der Waals surface area contributed by atoms with Crippen LogP contribution in [0.25, 0.3) is 0 Å². The Bertz CT molecular complexity index is 616. The van der Waals surface area contributed by atoms with Crippen LogP contribution in [0.2, 0.25) is 0 Å². The van der Waals surface area contributed by atoms with Crippen LogP contribution in [0, 0.1) is 10.1 Å². The molecule has 0 spiro atoms. The third-order valence-corrected chi connectivity index (χ3v) is 4.20. The van der Waals surface area contributed by atoms with Gasteiger partial charge in [0.15, 0.2) is 0 Å². The largest absolute Gasteiger partial charge is 0.324 e. The van der Waals surface area contributed by atoms with Gasteiger partial charge in [0.2, 0.25) is 0 Å². The van der Waals surface area contributed by atoms with E-state index in [1.54, 1.807) is 18.2 Å². The zero-order valence-corrected chi connectivity index (χ0v) is 12.0. The molecule has 0 unspecified atom stereocenters. The number of nitro benzene ring substituents is 1. The zero-order chi connectivity index (χ0) is 14.5. The highest BCUT2D eigenvalue weighted by Gasteiger charge is 2.16. The fraction of sp³-hybridized carbons (Fsp3) is 0.200. The second kappa shape index (κ2) is 6.54. The molecule has 0 aromatic heterocycles. The summed E-state index contributed by atoms with van der Waals surface area (Å²) in [5.74, 6) is 0. The number of hydrogen-bond acceptors (Lipinski definition) is 4. The van der Waals surface area contributed by atoms with E-state index in [4.69, 9.17) is 5.73 Å². The lowest BCUT2D eigenvalue weighted by Crippen LogP contribution is -2.09. The van der Waals surface area contributed by atoms with Crippen LogP contribution in [-0.4, -0.2) is 4.92 Å². The number of rotatable bonds is 5. The van der Waals surface area contributed by atoms with Crippen molar-refractivity contribution in [3.63, 3.8) is 0 Å². The van der Waals surface area contributed by atoms with Crippen molar-refractivity contribution >= 4 is 17.4 Å². The van der Waals surface area contributed by atoms with Crippen molar-refractivity contribution in [3.05, 3.63) is 64.2 Å². The number of benzene rings is 2. The van der Waals surface area contributed by atoms with E-state index in [1.165, 1.54) is 17.8 Å². The molecule has 0 aliphatic carbocycles. The molecule has 2 rings (SSSR count). The zero-order valence-electron chi connectivity index (χ0n) is 11.2. The smallest absolute Gasteiger partial charge is 0.283 e. The van der Waals surface area contributed by atoms with E-state index in [2.05, 4.69) is 0 Å². The van der Waals surface area contributed by atoms with Crippen LogP contribution in [0.3, 0.4) is 0 Å². The van der Waals surface area contributed by atoms with E-state index in [9.17, 15) is 10.1 Å². The van der Waals surface area contributed by atoms with Crippen LogP contribution in [0.15, 0.2) is 58.3 Å². The molecular weight excluding hydrogens is 272 g/mol. The quantitative estimate of drug-likeness (QED) is 0.662. The predicted octanol–water partition coefficient (Wildman–Crippen LogP) is 4.16. The van der Waals surface area contributed by atoms with Gasteiger partial charge in [0, 0.05) is 17.0 Å². The van der Waals surface area contributed by atoms with Crippen molar-refractivity contribution < 1.29 is 4.92 Å². The van der Waals surface area contributed by atoms with Crippen molar-refractivity contribution in [1.29, 1.82) is 0 Å². The molecule has 20 heavy (non-hydrogen) atoms. The SMILES string of the molecule is CC[C@H](N)c1ccccc1Sc1ccccc1[N+](=O)[O-].